The summed E-state index contributed by atoms with van der Waals surface area (Å²) in [4.78, 5) is 37.7. The van der Waals surface area contributed by atoms with Gasteiger partial charge in [-0.2, -0.15) is 0 Å². The normalized spacial score (nSPS) is 17.7. The Balaban J connectivity index is 2.14. The molecule has 0 aliphatic carbocycles. The fraction of sp³-hybridized carbons (Fsp3) is 0.273. The monoisotopic (exact) mass is 426 g/mol. The molecule has 0 bridgehead atoms. The quantitative estimate of drug-likeness (QED) is 0.172. The van der Waals surface area contributed by atoms with Crippen LogP contribution in [0.5, 0.6) is 5.75 Å². The van der Waals surface area contributed by atoms with Gasteiger partial charge in [-0.1, -0.05) is 12.1 Å². The standard InChI is InChI=1S/C22H22N2O7/c1-30-12-4-11-23-19(15-5-3-6-16(13-15)24(28)29)18(21(26)22(23)27)20(25)14-7-9-17(31-2)10-8-14/h3,5-10,13,19,25H,4,11-12H2,1-2H3/b20-18+/t19-/m1/s1. The third-order valence-electron chi connectivity index (χ3n) is 5.05. The number of non-ortho nitro benzene ring substituents is 1. The van der Waals surface area contributed by atoms with Crippen LogP contribution < -0.4 is 4.74 Å². The van der Waals surface area contributed by atoms with Gasteiger partial charge >= 0.3 is 0 Å². The Morgan fingerprint density at radius 1 is 1.16 bits per heavy atom. The lowest BCUT2D eigenvalue weighted by molar-refractivity contribution is -0.384. The fourth-order valence-corrected chi connectivity index (χ4v) is 3.55. The molecular weight excluding hydrogens is 404 g/mol. The van der Waals surface area contributed by atoms with Crippen LogP contribution in [0.15, 0.2) is 54.1 Å². The van der Waals surface area contributed by atoms with Crippen molar-refractivity contribution in [3.8, 4) is 5.75 Å². The molecule has 1 atom stereocenters. The first-order valence-electron chi connectivity index (χ1n) is 9.55. The number of aliphatic hydroxyl groups is 1. The van der Waals surface area contributed by atoms with E-state index in [9.17, 15) is 24.8 Å². The van der Waals surface area contributed by atoms with Gasteiger partial charge in [0.05, 0.1) is 23.6 Å². The molecule has 1 aliphatic rings. The highest BCUT2D eigenvalue weighted by molar-refractivity contribution is 6.46. The van der Waals surface area contributed by atoms with Crippen LogP contribution in [0.2, 0.25) is 0 Å². The highest BCUT2D eigenvalue weighted by Crippen LogP contribution is 2.40. The maximum absolute atomic E-state index is 12.9. The molecule has 1 saturated heterocycles. The van der Waals surface area contributed by atoms with Crippen LogP contribution in [0.4, 0.5) is 5.69 Å². The lowest BCUT2D eigenvalue weighted by Gasteiger charge is -2.25. The van der Waals surface area contributed by atoms with E-state index in [1.54, 1.807) is 30.3 Å². The Morgan fingerprint density at radius 2 is 1.87 bits per heavy atom. The number of carbonyl (C=O) groups excluding carboxylic acids is 2. The van der Waals surface area contributed by atoms with Crippen molar-refractivity contribution in [3.63, 3.8) is 0 Å². The van der Waals surface area contributed by atoms with Crippen LogP contribution in [0.25, 0.3) is 5.76 Å². The Kier molecular flexibility index (Phi) is 6.66. The molecule has 1 heterocycles. The summed E-state index contributed by atoms with van der Waals surface area (Å²) in [6.45, 7) is 0.550. The number of Topliss-reactive ketones (excluding diaryl/α,β-unsaturated/α-hetero) is 1. The summed E-state index contributed by atoms with van der Waals surface area (Å²) in [7, 11) is 3.03. The van der Waals surface area contributed by atoms with E-state index in [2.05, 4.69) is 0 Å². The number of ether oxygens (including phenoxy) is 2. The predicted octanol–water partition coefficient (Wildman–Crippen LogP) is 3.06. The Labute approximate surface area is 178 Å². The van der Waals surface area contributed by atoms with E-state index in [0.717, 1.165) is 0 Å². The summed E-state index contributed by atoms with van der Waals surface area (Å²) in [6, 6.07) is 11.1. The minimum absolute atomic E-state index is 0.118. The number of methoxy groups -OCH3 is 2. The van der Waals surface area contributed by atoms with Crippen LogP contribution in [0.3, 0.4) is 0 Å². The number of carbonyl (C=O) groups is 2. The third-order valence-corrected chi connectivity index (χ3v) is 5.05. The molecule has 2 aromatic rings. The van der Waals surface area contributed by atoms with E-state index < -0.39 is 22.7 Å². The second-order valence-electron chi connectivity index (χ2n) is 6.92. The molecule has 1 N–H and O–H groups in total. The number of amides is 1. The van der Waals surface area contributed by atoms with E-state index in [4.69, 9.17) is 9.47 Å². The average molecular weight is 426 g/mol. The van der Waals surface area contributed by atoms with Gasteiger partial charge in [-0.05, 0) is 36.2 Å². The Bertz CT molecular complexity index is 1030. The van der Waals surface area contributed by atoms with Gasteiger partial charge in [0.15, 0.2) is 0 Å². The number of nitro benzene ring substituents is 1. The molecule has 9 heteroatoms. The maximum Gasteiger partial charge on any atom is 0.295 e. The molecule has 1 fully saturated rings. The number of rotatable bonds is 8. The van der Waals surface area contributed by atoms with Crippen molar-refractivity contribution in [3.05, 3.63) is 75.3 Å². The van der Waals surface area contributed by atoms with Gasteiger partial charge in [0.25, 0.3) is 17.4 Å². The summed E-state index contributed by atoms with van der Waals surface area (Å²) >= 11 is 0. The second-order valence-corrected chi connectivity index (χ2v) is 6.92. The molecule has 1 amide bonds. The van der Waals surface area contributed by atoms with E-state index >= 15 is 0 Å². The lowest BCUT2D eigenvalue weighted by Crippen LogP contribution is -2.31. The Morgan fingerprint density at radius 3 is 2.48 bits per heavy atom. The van der Waals surface area contributed by atoms with Gasteiger partial charge < -0.3 is 19.5 Å². The van der Waals surface area contributed by atoms with Crippen molar-refractivity contribution < 1.29 is 29.1 Å². The first kappa shape index (κ1) is 22.0. The number of nitro groups is 1. The topological polar surface area (TPSA) is 119 Å². The largest absolute Gasteiger partial charge is 0.507 e. The summed E-state index contributed by atoms with van der Waals surface area (Å²) in [5.74, 6) is -1.41. The molecule has 9 nitrogen and oxygen atoms in total. The summed E-state index contributed by atoms with van der Waals surface area (Å²) < 4.78 is 10.1. The van der Waals surface area contributed by atoms with Crippen molar-refractivity contribution in [2.75, 3.05) is 27.4 Å². The zero-order valence-corrected chi connectivity index (χ0v) is 17.1. The highest BCUT2D eigenvalue weighted by Gasteiger charge is 2.46. The molecule has 0 aromatic heterocycles. The van der Waals surface area contributed by atoms with Gasteiger partial charge in [0, 0.05) is 38.0 Å². The predicted molar refractivity (Wildman–Crippen MR) is 112 cm³/mol. The van der Waals surface area contributed by atoms with E-state index in [0.29, 0.717) is 29.9 Å². The minimum Gasteiger partial charge on any atom is -0.507 e. The number of hydrogen-bond donors (Lipinski definition) is 1. The zero-order valence-electron chi connectivity index (χ0n) is 17.1. The van der Waals surface area contributed by atoms with E-state index in [1.807, 2.05) is 0 Å². The van der Waals surface area contributed by atoms with Gasteiger partial charge in [-0.25, -0.2) is 0 Å². The number of aliphatic hydroxyl groups excluding tert-OH is 1. The van der Waals surface area contributed by atoms with Crippen molar-refractivity contribution in [1.82, 2.24) is 4.90 Å². The molecule has 1 aliphatic heterocycles. The molecule has 31 heavy (non-hydrogen) atoms. The van der Waals surface area contributed by atoms with Crippen LogP contribution in [-0.4, -0.2) is 54.0 Å². The first-order chi connectivity index (χ1) is 14.9. The van der Waals surface area contributed by atoms with Crippen LogP contribution in [-0.2, 0) is 14.3 Å². The molecule has 2 aromatic carbocycles. The average Bonchev–Trinajstić information content (AvgIpc) is 3.04. The number of benzene rings is 2. The number of hydrogen-bond acceptors (Lipinski definition) is 7. The molecule has 0 spiro atoms. The fourth-order valence-electron chi connectivity index (χ4n) is 3.55. The van der Waals surface area contributed by atoms with Gasteiger partial charge in [-0.3, -0.25) is 19.7 Å². The van der Waals surface area contributed by atoms with Crippen LogP contribution in [0, 0.1) is 10.1 Å². The molecule has 0 radical (unpaired) electrons. The summed E-state index contributed by atoms with van der Waals surface area (Å²) in [5, 5.41) is 22.2. The molecule has 162 valence electrons. The van der Waals surface area contributed by atoms with E-state index in [1.165, 1.54) is 37.3 Å². The molecule has 3 rings (SSSR count). The van der Waals surface area contributed by atoms with Gasteiger partial charge in [-0.15, -0.1) is 0 Å². The van der Waals surface area contributed by atoms with Crippen molar-refractivity contribution in [2.45, 2.75) is 12.5 Å². The van der Waals surface area contributed by atoms with Gasteiger partial charge in [0.2, 0.25) is 0 Å². The number of ketones is 1. The smallest absolute Gasteiger partial charge is 0.295 e. The Hall–Kier alpha value is -3.72. The SMILES string of the molecule is COCCCN1C(=O)C(=O)/C(=C(/O)c2ccc(OC)cc2)[C@H]1c1cccc([N+](=O)[O-])c1. The third kappa shape index (κ3) is 4.41. The molecular formula is C22H22N2O7. The first-order valence-corrected chi connectivity index (χ1v) is 9.55. The summed E-state index contributed by atoms with van der Waals surface area (Å²) in [5.41, 5.74) is 0.393. The van der Waals surface area contributed by atoms with Crippen molar-refractivity contribution >= 4 is 23.1 Å². The number of likely N-dealkylation sites (tertiary alicyclic amines) is 1. The molecule has 0 unspecified atom stereocenters. The highest BCUT2D eigenvalue weighted by atomic mass is 16.6. The maximum atomic E-state index is 12.9. The minimum atomic E-state index is -0.959. The van der Waals surface area contributed by atoms with Gasteiger partial charge in [0.1, 0.15) is 11.5 Å². The van der Waals surface area contributed by atoms with Crippen LogP contribution >= 0.6 is 0 Å². The van der Waals surface area contributed by atoms with E-state index in [-0.39, 0.29) is 23.6 Å². The lowest BCUT2D eigenvalue weighted by atomic mass is 9.95. The molecule has 0 saturated carbocycles. The number of nitrogens with zero attached hydrogens (tertiary/aromatic N) is 2. The zero-order chi connectivity index (χ0) is 22.5. The van der Waals surface area contributed by atoms with Crippen molar-refractivity contribution in [1.29, 1.82) is 0 Å². The second kappa shape index (κ2) is 9.40. The van der Waals surface area contributed by atoms with Crippen LogP contribution in [0.1, 0.15) is 23.6 Å². The van der Waals surface area contributed by atoms with Crippen molar-refractivity contribution in [2.24, 2.45) is 0 Å². The summed E-state index contributed by atoms with van der Waals surface area (Å²) in [6.07, 6.45) is 0.456.